The van der Waals surface area contributed by atoms with E-state index in [1.54, 1.807) is 0 Å². The van der Waals surface area contributed by atoms with Crippen molar-refractivity contribution in [2.24, 2.45) is 21.5 Å². The van der Waals surface area contributed by atoms with Crippen molar-refractivity contribution in [3.8, 4) is 5.75 Å². The Balaban J connectivity index is 0.00000312. The van der Waals surface area contributed by atoms with Crippen molar-refractivity contribution >= 4 is 24.3 Å². The summed E-state index contributed by atoms with van der Waals surface area (Å²) in [5.74, 6) is 0.0918. The lowest BCUT2D eigenvalue weighted by Crippen LogP contribution is -2.41. The fourth-order valence-corrected chi connectivity index (χ4v) is 2.32. The molecule has 1 aromatic rings. The molecule has 25 heavy (non-hydrogen) atoms. The van der Waals surface area contributed by atoms with E-state index < -0.39 is 6.36 Å². The van der Waals surface area contributed by atoms with E-state index in [4.69, 9.17) is 11.5 Å². The first kappa shape index (κ1) is 20.9. The Labute approximate surface area is 150 Å². The van der Waals surface area contributed by atoms with Crippen molar-refractivity contribution in [3.05, 3.63) is 29.8 Å². The van der Waals surface area contributed by atoms with Crippen LogP contribution in [0, 0.1) is 0 Å². The Morgan fingerprint density at radius 1 is 1.08 bits per heavy atom. The number of hydrogen-bond donors (Lipinski definition) is 2. The molecule has 6 nitrogen and oxygen atoms in total. The van der Waals surface area contributed by atoms with Gasteiger partial charge in [-0.05, 0) is 37.0 Å². The number of piperidine rings is 1. The summed E-state index contributed by atoms with van der Waals surface area (Å²) in [5, 5.41) is 0. The second-order valence-corrected chi connectivity index (χ2v) is 5.38. The Morgan fingerprint density at radius 2 is 1.68 bits per heavy atom. The van der Waals surface area contributed by atoms with Crippen LogP contribution in [0.4, 0.5) is 13.2 Å². The van der Waals surface area contributed by atoms with Gasteiger partial charge in [-0.3, -0.25) is 0 Å². The molecule has 0 bridgehead atoms. The molecule has 10 heteroatoms. The zero-order valence-corrected chi connectivity index (χ0v) is 14.3. The van der Waals surface area contributed by atoms with Crippen LogP contribution in [0.3, 0.4) is 0 Å². The number of halogens is 4. The molecule has 4 N–H and O–H groups in total. The molecule has 0 spiro atoms. The summed E-state index contributed by atoms with van der Waals surface area (Å²) in [5.41, 5.74) is 12.3. The van der Waals surface area contributed by atoms with Crippen LogP contribution in [0.25, 0.3) is 0 Å². The number of hydrogen-bond acceptors (Lipinski definition) is 2. The highest BCUT2D eigenvalue weighted by Crippen LogP contribution is 2.22. The molecule has 0 atom stereocenters. The predicted octanol–water partition coefficient (Wildman–Crippen LogP) is 2.62. The highest BCUT2D eigenvalue weighted by Gasteiger charge is 2.30. The SMILES string of the molecule is Cl.NC(=NCc1ccc(OC(F)(F)F)cc1)N=C(N)N1CCCCC1. The summed E-state index contributed by atoms with van der Waals surface area (Å²) in [7, 11) is 0. The van der Waals surface area contributed by atoms with Crippen LogP contribution in [-0.4, -0.2) is 36.3 Å². The van der Waals surface area contributed by atoms with E-state index in [1.807, 2.05) is 4.90 Å². The lowest BCUT2D eigenvalue weighted by Gasteiger charge is -2.27. The maximum atomic E-state index is 12.1. The summed E-state index contributed by atoms with van der Waals surface area (Å²) in [6.45, 7) is 1.89. The first-order chi connectivity index (χ1) is 11.3. The van der Waals surface area contributed by atoms with E-state index >= 15 is 0 Å². The largest absolute Gasteiger partial charge is 0.573 e. The number of nitrogens with two attached hydrogens (primary N) is 2. The molecule has 0 aliphatic carbocycles. The van der Waals surface area contributed by atoms with Gasteiger partial charge in [0.2, 0.25) is 5.96 Å². The van der Waals surface area contributed by atoms with Crippen molar-refractivity contribution < 1.29 is 17.9 Å². The molecule has 1 fully saturated rings. The summed E-state index contributed by atoms with van der Waals surface area (Å²) in [6, 6.07) is 5.41. The van der Waals surface area contributed by atoms with Gasteiger partial charge in [-0.25, -0.2) is 4.99 Å². The molecule has 140 valence electrons. The van der Waals surface area contributed by atoms with E-state index in [9.17, 15) is 13.2 Å². The van der Waals surface area contributed by atoms with Gasteiger partial charge in [0.05, 0.1) is 6.54 Å². The summed E-state index contributed by atoms with van der Waals surface area (Å²) < 4.78 is 40.0. The fraction of sp³-hybridized carbons (Fsp3) is 0.467. The van der Waals surface area contributed by atoms with E-state index in [2.05, 4.69) is 14.7 Å². The van der Waals surface area contributed by atoms with Gasteiger partial charge in [-0.1, -0.05) is 12.1 Å². The number of alkyl halides is 3. The molecule has 0 aromatic heterocycles. The van der Waals surface area contributed by atoms with E-state index in [0.29, 0.717) is 11.5 Å². The number of benzene rings is 1. The average Bonchev–Trinajstić information content (AvgIpc) is 2.53. The zero-order valence-electron chi connectivity index (χ0n) is 13.5. The number of rotatable bonds is 3. The van der Waals surface area contributed by atoms with Crippen molar-refractivity contribution in [1.82, 2.24) is 4.90 Å². The van der Waals surface area contributed by atoms with E-state index in [-0.39, 0.29) is 30.7 Å². The Morgan fingerprint density at radius 3 is 2.24 bits per heavy atom. The number of ether oxygens (including phenoxy) is 1. The molecule has 1 aromatic carbocycles. The summed E-state index contributed by atoms with van der Waals surface area (Å²) >= 11 is 0. The van der Waals surface area contributed by atoms with Crippen LogP contribution in [0.5, 0.6) is 5.75 Å². The van der Waals surface area contributed by atoms with E-state index in [0.717, 1.165) is 25.9 Å². The van der Waals surface area contributed by atoms with Crippen molar-refractivity contribution in [2.45, 2.75) is 32.2 Å². The van der Waals surface area contributed by atoms with Gasteiger partial charge in [-0.2, -0.15) is 4.99 Å². The van der Waals surface area contributed by atoms with Crippen LogP contribution in [-0.2, 0) is 6.54 Å². The molecular formula is C15H21ClF3N5O. The Hall–Kier alpha value is -2.16. The maximum Gasteiger partial charge on any atom is 0.573 e. The Bertz CT molecular complexity index is 598. The number of nitrogens with zero attached hydrogens (tertiary/aromatic N) is 3. The summed E-state index contributed by atoms with van der Waals surface area (Å²) in [4.78, 5) is 10.1. The van der Waals surface area contributed by atoms with Gasteiger partial charge in [0.15, 0.2) is 5.96 Å². The van der Waals surface area contributed by atoms with Crippen LogP contribution in [0.15, 0.2) is 34.3 Å². The Kier molecular flexibility index (Phi) is 7.82. The first-order valence-electron chi connectivity index (χ1n) is 7.57. The lowest BCUT2D eigenvalue weighted by atomic mass is 10.1. The fourth-order valence-electron chi connectivity index (χ4n) is 2.32. The topological polar surface area (TPSA) is 89.2 Å². The minimum Gasteiger partial charge on any atom is -0.406 e. The monoisotopic (exact) mass is 379 g/mol. The van der Waals surface area contributed by atoms with Gasteiger partial charge in [0.1, 0.15) is 5.75 Å². The smallest absolute Gasteiger partial charge is 0.406 e. The molecular weight excluding hydrogens is 359 g/mol. The number of likely N-dealkylation sites (tertiary alicyclic amines) is 1. The van der Waals surface area contributed by atoms with Crippen molar-refractivity contribution in [1.29, 1.82) is 0 Å². The predicted molar refractivity (Wildman–Crippen MR) is 92.7 cm³/mol. The van der Waals surface area contributed by atoms with Crippen LogP contribution >= 0.6 is 12.4 Å². The molecule has 1 heterocycles. The zero-order chi connectivity index (χ0) is 17.6. The summed E-state index contributed by atoms with van der Waals surface area (Å²) in [6.07, 6.45) is -1.38. The highest BCUT2D eigenvalue weighted by atomic mass is 35.5. The second-order valence-electron chi connectivity index (χ2n) is 5.38. The van der Waals surface area contributed by atoms with Crippen LogP contribution in [0.2, 0.25) is 0 Å². The van der Waals surface area contributed by atoms with E-state index in [1.165, 1.54) is 30.7 Å². The van der Waals surface area contributed by atoms with Gasteiger partial charge in [0, 0.05) is 13.1 Å². The van der Waals surface area contributed by atoms with Crippen molar-refractivity contribution in [3.63, 3.8) is 0 Å². The molecule has 0 unspecified atom stereocenters. The highest BCUT2D eigenvalue weighted by molar-refractivity contribution is 5.93. The minimum atomic E-state index is -4.70. The average molecular weight is 380 g/mol. The lowest BCUT2D eigenvalue weighted by molar-refractivity contribution is -0.274. The van der Waals surface area contributed by atoms with Gasteiger partial charge >= 0.3 is 6.36 Å². The molecule has 1 saturated heterocycles. The van der Waals surface area contributed by atoms with Crippen LogP contribution in [0.1, 0.15) is 24.8 Å². The third-order valence-electron chi connectivity index (χ3n) is 3.49. The molecule has 1 aliphatic heterocycles. The third kappa shape index (κ3) is 7.51. The quantitative estimate of drug-likeness (QED) is 0.624. The first-order valence-corrected chi connectivity index (χ1v) is 7.57. The minimum absolute atomic E-state index is 0. The van der Waals surface area contributed by atoms with Gasteiger partial charge in [0.25, 0.3) is 0 Å². The second kappa shape index (κ2) is 9.36. The van der Waals surface area contributed by atoms with Crippen LogP contribution < -0.4 is 16.2 Å². The molecule has 0 radical (unpaired) electrons. The molecule has 0 saturated carbocycles. The molecule has 0 amide bonds. The maximum absolute atomic E-state index is 12.1. The normalized spacial score (nSPS) is 16.4. The third-order valence-corrected chi connectivity index (χ3v) is 3.49. The van der Waals surface area contributed by atoms with Gasteiger partial charge < -0.3 is 21.1 Å². The number of aliphatic imine (C=N–C) groups is 2. The number of guanidine groups is 2. The molecule has 1 aliphatic rings. The van der Waals surface area contributed by atoms with Gasteiger partial charge in [-0.15, -0.1) is 25.6 Å². The standard InChI is InChI=1S/C15H20F3N5O.ClH/c16-15(17,18)24-12-6-4-11(5-7-12)10-21-13(19)22-14(20)23-8-2-1-3-9-23;/h4-7H,1-3,8-10H2,(H4,19,20,21,22);1H. The van der Waals surface area contributed by atoms with Crippen molar-refractivity contribution in [2.75, 3.05) is 13.1 Å². The molecule has 2 rings (SSSR count).